The Balaban J connectivity index is 1.42. The molecule has 188 valence electrons. The first-order valence-electron chi connectivity index (χ1n) is 12.7. The standard InChI is InChI=1S/C29H28FN5O2/c1-31-29(37)28-24-16-23(18-5-6-18)26(34-15-3-2-4-27(34)36)17-25(24)33-35(28)22-13-11-21(12-14-22)32-20-9-7-19(30)8-10-20/h7-14,16-18,32H,2-6,15H2,1H3,(H,31,37). The highest BCUT2D eigenvalue weighted by Gasteiger charge is 2.32. The number of nitrogens with zero attached hydrogens (tertiary/aromatic N) is 3. The molecule has 2 amide bonds. The number of halogens is 1. The predicted octanol–water partition coefficient (Wildman–Crippen LogP) is 5.66. The monoisotopic (exact) mass is 497 g/mol. The van der Waals surface area contributed by atoms with Gasteiger partial charge in [-0.25, -0.2) is 9.07 Å². The van der Waals surface area contributed by atoms with E-state index in [1.165, 1.54) is 12.1 Å². The molecule has 0 unspecified atom stereocenters. The molecule has 7 nitrogen and oxygen atoms in total. The van der Waals surface area contributed by atoms with Gasteiger partial charge in [0.05, 0.1) is 11.2 Å². The van der Waals surface area contributed by atoms with Gasteiger partial charge >= 0.3 is 0 Å². The average molecular weight is 498 g/mol. The molecule has 2 aliphatic rings. The van der Waals surface area contributed by atoms with Crippen LogP contribution in [0.4, 0.5) is 21.5 Å². The minimum atomic E-state index is -0.286. The topological polar surface area (TPSA) is 79.3 Å². The van der Waals surface area contributed by atoms with Crippen molar-refractivity contribution in [3.8, 4) is 5.69 Å². The summed E-state index contributed by atoms with van der Waals surface area (Å²) >= 11 is 0. The van der Waals surface area contributed by atoms with E-state index in [1.807, 2.05) is 35.2 Å². The number of carbonyl (C=O) groups excluding carboxylic acids is 2. The van der Waals surface area contributed by atoms with E-state index in [9.17, 15) is 14.0 Å². The molecule has 2 N–H and O–H groups in total. The summed E-state index contributed by atoms with van der Waals surface area (Å²) in [5, 5.41) is 11.6. The van der Waals surface area contributed by atoms with E-state index in [4.69, 9.17) is 5.10 Å². The van der Waals surface area contributed by atoms with Gasteiger partial charge in [0.2, 0.25) is 5.91 Å². The zero-order valence-electron chi connectivity index (χ0n) is 20.6. The Labute approximate surface area is 214 Å². The maximum absolute atomic E-state index is 13.2. The maximum atomic E-state index is 13.2. The van der Waals surface area contributed by atoms with Crippen molar-refractivity contribution in [1.29, 1.82) is 0 Å². The van der Waals surface area contributed by atoms with Crippen LogP contribution in [0.5, 0.6) is 0 Å². The Morgan fingerprint density at radius 1 is 1.00 bits per heavy atom. The first-order valence-corrected chi connectivity index (χ1v) is 12.7. The van der Waals surface area contributed by atoms with Crippen molar-refractivity contribution >= 4 is 39.8 Å². The molecular formula is C29H28FN5O2. The Morgan fingerprint density at radius 2 is 1.70 bits per heavy atom. The lowest BCUT2D eigenvalue weighted by Crippen LogP contribution is -2.35. The molecule has 1 aliphatic heterocycles. The molecule has 8 heteroatoms. The summed E-state index contributed by atoms with van der Waals surface area (Å²) < 4.78 is 14.9. The second-order valence-electron chi connectivity index (χ2n) is 9.72. The third-order valence-corrected chi connectivity index (χ3v) is 7.14. The number of carbonyl (C=O) groups is 2. The van der Waals surface area contributed by atoms with Crippen LogP contribution in [0.3, 0.4) is 0 Å². The summed E-state index contributed by atoms with van der Waals surface area (Å²) in [4.78, 5) is 27.7. The lowest BCUT2D eigenvalue weighted by Gasteiger charge is -2.29. The molecule has 2 fully saturated rings. The Hall–Kier alpha value is -4.20. The number of hydrogen-bond acceptors (Lipinski definition) is 4. The van der Waals surface area contributed by atoms with Crippen molar-refractivity contribution in [2.75, 3.05) is 23.8 Å². The van der Waals surface area contributed by atoms with Crippen molar-refractivity contribution in [3.05, 3.63) is 77.7 Å². The fourth-order valence-electron chi connectivity index (χ4n) is 5.06. The van der Waals surface area contributed by atoms with Gasteiger partial charge in [0.15, 0.2) is 0 Å². The molecule has 6 rings (SSSR count). The third-order valence-electron chi connectivity index (χ3n) is 7.14. The molecule has 1 saturated heterocycles. The first kappa shape index (κ1) is 23.2. The van der Waals surface area contributed by atoms with Crippen LogP contribution in [0, 0.1) is 5.82 Å². The van der Waals surface area contributed by atoms with E-state index >= 15 is 0 Å². The van der Waals surface area contributed by atoms with Gasteiger partial charge < -0.3 is 15.5 Å². The maximum Gasteiger partial charge on any atom is 0.270 e. The van der Waals surface area contributed by atoms with Gasteiger partial charge in [-0.3, -0.25) is 9.59 Å². The molecule has 37 heavy (non-hydrogen) atoms. The number of aromatic nitrogens is 2. The zero-order valence-corrected chi connectivity index (χ0v) is 20.6. The zero-order chi connectivity index (χ0) is 25.5. The third kappa shape index (κ3) is 4.43. The molecule has 0 radical (unpaired) electrons. The van der Waals surface area contributed by atoms with Crippen molar-refractivity contribution in [1.82, 2.24) is 15.1 Å². The molecule has 4 aromatic rings. The van der Waals surface area contributed by atoms with Crippen LogP contribution < -0.4 is 15.5 Å². The average Bonchev–Trinajstić information content (AvgIpc) is 3.70. The van der Waals surface area contributed by atoms with Gasteiger partial charge in [0.25, 0.3) is 5.91 Å². The number of benzene rings is 3. The van der Waals surface area contributed by atoms with Crippen molar-refractivity contribution in [3.63, 3.8) is 0 Å². The molecule has 1 aliphatic carbocycles. The molecule has 1 saturated carbocycles. The lowest BCUT2D eigenvalue weighted by atomic mass is 10.0. The van der Waals surface area contributed by atoms with E-state index in [2.05, 4.69) is 16.7 Å². The number of nitrogens with one attached hydrogen (secondary N) is 2. The molecular weight excluding hydrogens is 469 g/mol. The van der Waals surface area contributed by atoms with Gasteiger partial charge in [-0.2, -0.15) is 5.10 Å². The number of rotatable bonds is 6. The molecule has 1 aromatic heterocycles. The summed E-state index contributed by atoms with van der Waals surface area (Å²) in [6.45, 7) is 0.718. The smallest absolute Gasteiger partial charge is 0.270 e. The van der Waals surface area contributed by atoms with Crippen LogP contribution in [0.25, 0.3) is 16.6 Å². The lowest BCUT2D eigenvalue weighted by molar-refractivity contribution is -0.119. The number of amides is 2. The van der Waals surface area contributed by atoms with E-state index < -0.39 is 0 Å². The normalized spacial score (nSPS) is 15.7. The summed E-state index contributed by atoms with van der Waals surface area (Å²) in [6, 6.07) is 17.8. The number of hydrogen-bond donors (Lipinski definition) is 2. The molecule has 3 aromatic carbocycles. The summed E-state index contributed by atoms with van der Waals surface area (Å²) in [6.07, 6.45) is 4.67. The van der Waals surface area contributed by atoms with Crippen LogP contribution in [0.15, 0.2) is 60.7 Å². The van der Waals surface area contributed by atoms with Gasteiger partial charge in [0, 0.05) is 42.5 Å². The van der Waals surface area contributed by atoms with Gasteiger partial charge in [-0.05, 0) is 97.8 Å². The number of piperidine rings is 1. The summed E-state index contributed by atoms with van der Waals surface area (Å²) in [7, 11) is 1.61. The van der Waals surface area contributed by atoms with Crippen LogP contribution in [-0.4, -0.2) is 35.2 Å². The van der Waals surface area contributed by atoms with Crippen molar-refractivity contribution < 1.29 is 14.0 Å². The molecule has 0 spiro atoms. The van der Waals surface area contributed by atoms with Crippen LogP contribution in [-0.2, 0) is 4.79 Å². The van der Waals surface area contributed by atoms with Crippen molar-refractivity contribution in [2.45, 2.75) is 38.0 Å². The quantitative estimate of drug-likeness (QED) is 0.360. The van der Waals surface area contributed by atoms with Gasteiger partial charge in [0.1, 0.15) is 11.5 Å². The van der Waals surface area contributed by atoms with Crippen molar-refractivity contribution in [2.24, 2.45) is 0 Å². The Kier molecular flexibility index (Phi) is 5.87. The summed E-state index contributed by atoms with van der Waals surface area (Å²) in [5.74, 6) is 0.0557. The highest BCUT2D eigenvalue weighted by molar-refractivity contribution is 6.07. The fraction of sp³-hybridized carbons (Fsp3) is 0.276. The Morgan fingerprint density at radius 3 is 2.35 bits per heavy atom. The van der Waals surface area contributed by atoms with Crippen LogP contribution in [0.1, 0.15) is 54.1 Å². The predicted molar refractivity (Wildman–Crippen MR) is 142 cm³/mol. The molecule has 0 atom stereocenters. The van der Waals surface area contributed by atoms with Gasteiger partial charge in [-0.1, -0.05) is 0 Å². The SMILES string of the molecule is CNC(=O)c1c2cc(C3CC3)c(N3CCCCC3=O)cc2nn1-c1ccc(Nc2ccc(F)cc2)cc1. The van der Waals surface area contributed by atoms with Gasteiger partial charge in [-0.15, -0.1) is 0 Å². The number of fused-ring (bicyclic) bond motifs is 1. The summed E-state index contributed by atoms with van der Waals surface area (Å²) in [5.41, 5.74) is 5.56. The minimum Gasteiger partial charge on any atom is -0.356 e. The Bertz CT molecular complexity index is 1490. The highest BCUT2D eigenvalue weighted by atomic mass is 19.1. The number of anilines is 3. The van der Waals surface area contributed by atoms with E-state index in [0.29, 0.717) is 23.5 Å². The highest BCUT2D eigenvalue weighted by Crippen LogP contribution is 2.46. The largest absolute Gasteiger partial charge is 0.356 e. The fourth-order valence-corrected chi connectivity index (χ4v) is 5.06. The molecule has 2 heterocycles. The second kappa shape index (κ2) is 9.35. The van der Waals surface area contributed by atoms with E-state index in [-0.39, 0.29) is 17.6 Å². The van der Waals surface area contributed by atoms with E-state index in [0.717, 1.165) is 65.9 Å². The minimum absolute atomic E-state index is 0.155. The molecule has 0 bridgehead atoms. The van der Waals surface area contributed by atoms with Crippen LogP contribution >= 0.6 is 0 Å². The van der Waals surface area contributed by atoms with Crippen LogP contribution in [0.2, 0.25) is 0 Å². The second-order valence-corrected chi connectivity index (χ2v) is 9.72. The van der Waals surface area contributed by atoms with E-state index in [1.54, 1.807) is 23.9 Å². The first-order chi connectivity index (χ1) is 18.0.